The zero-order chi connectivity index (χ0) is 37.9. The number of methoxy groups -OCH3 is 2. The van der Waals surface area contributed by atoms with Crippen LogP contribution in [0.3, 0.4) is 0 Å². The molecule has 0 aliphatic carbocycles. The summed E-state index contributed by atoms with van der Waals surface area (Å²) in [6.45, 7) is 16.9. The summed E-state index contributed by atoms with van der Waals surface area (Å²) >= 11 is 0. The van der Waals surface area contributed by atoms with Gasteiger partial charge in [0.2, 0.25) is 5.91 Å². The van der Waals surface area contributed by atoms with Crippen LogP contribution >= 0.6 is 0 Å². The van der Waals surface area contributed by atoms with Gasteiger partial charge in [-0.15, -0.1) is 0 Å². The Kier molecular flexibility index (Phi) is 16.8. The summed E-state index contributed by atoms with van der Waals surface area (Å²) in [6.07, 6.45) is 8.13. The van der Waals surface area contributed by atoms with E-state index in [9.17, 15) is 24.6 Å². The predicted molar refractivity (Wildman–Crippen MR) is 191 cm³/mol. The van der Waals surface area contributed by atoms with E-state index in [1.165, 1.54) is 14.2 Å². The number of aliphatic hydroxyl groups is 2. The Hall–Kier alpha value is -3.09. The fraction of sp³-hybridized carbons (Fsp3) is 0.667. The highest BCUT2D eigenvalue weighted by Gasteiger charge is 2.53. The number of aliphatic hydroxyl groups excluding tert-OH is 2. The van der Waals surface area contributed by atoms with Crippen LogP contribution in [0.25, 0.3) is 0 Å². The van der Waals surface area contributed by atoms with Gasteiger partial charge in [-0.2, -0.15) is 0 Å². The van der Waals surface area contributed by atoms with Crippen molar-refractivity contribution in [1.82, 2.24) is 0 Å². The topological polar surface area (TPSA) is 164 Å². The minimum Gasteiger partial charge on any atom is -0.459 e. The van der Waals surface area contributed by atoms with Crippen molar-refractivity contribution >= 4 is 17.8 Å². The first-order valence-electron chi connectivity index (χ1n) is 17.6. The molecule has 0 aromatic heterocycles. The number of carbonyl (C=O) groups excluding carboxylic acids is 3. The number of ether oxygens (including phenoxy) is 5. The first-order chi connectivity index (χ1) is 23.4. The SMILES string of the molecule is CCC1OC(OC)(C(C)C(O)C(C)C2OC(=O)C(C)=CC(C)=CC(C)C(O)C(C)CC(C)=CC=CC2OC)CC(OC(=O)C=CC(N)=O)C1C. The van der Waals surface area contributed by atoms with Gasteiger partial charge in [-0.3, -0.25) is 4.79 Å². The summed E-state index contributed by atoms with van der Waals surface area (Å²) in [4.78, 5) is 37.3. The number of nitrogens with two attached hydrogens (primary N) is 1. The van der Waals surface area contributed by atoms with Crippen molar-refractivity contribution in [2.24, 2.45) is 35.3 Å². The molecule has 4 N–H and O–H groups in total. The number of hydrogen-bond donors (Lipinski definition) is 3. The quantitative estimate of drug-likeness (QED) is 0.206. The Morgan fingerprint density at radius 2 is 1.80 bits per heavy atom. The lowest BCUT2D eigenvalue weighted by Crippen LogP contribution is -2.59. The molecule has 2 heterocycles. The first-order valence-corrected chi connectivity index (χ1v) is 17.6. The number of carbonyl (C=O) groups is 3. The lowest BCUT2D eigenvalue weighted by atomic mass is 9.77. The summed E-state index contributed by atoms with van der Waals surface area (Å²) < 4.78 is 30.3. The molecule has 1 amide bonds. The molecule has 0 saturated carbocycles. The summed E-state index contributed by atoms with van der Waals surface area (Å²) in [6, 6.07) is 0. The smallest absolute Gasteiger partial charge is 0.334 e. The molecule has 0 spiro atoms. The van der Waals surface area contributed by atoms with Gasteiger partial charge in [0.05, 0.1) is 18.3 Å². The molecule has 12 unspecified atom stereocenters. The number of primary amides is 1. The minimum absolute atomic E-state index is 0.00408. The summed E-state index contributed by atoms with van der Waals surface area (Å²) in [5.74, 6) is -5.20. The van der Waals surface area contributed by atoms with Crippen molar-refractivity contribution < 1.29 is 48.3 Å². The molecule has 1 fully saturated rings. The van der Waals surface area contributed by atoms with E-state index in [1.54, 1.807) is 32.9 Å². The third-order valence-electron chi connectivity index (χ3n) is 10.2. The maximum Gasteiger partial charge on any atom is 0.334 e. The van der Waals surface area contributed by atoms with Crippen LogP contribution in [0, 0.1) is 29.6 Å². The van der Waals surface area contributed by atoms with Crippen molar-refractivity contribution in [1.29, 1.82) is 0 Å². The van der Waals surface area contributed by atoms with E-state index < -0.39 is 66.0 Å². The lowest BCUT2D eigenvalue weighted by molar-refractivity contribution is -0.333. The number of amides is 1. The number of cyclic esters (lactones) is 1. The highest BCUT2D eigenvalue weighted by Crippen LogP contribution is 2.43. The van der Waals surface area contributed by atoms with Gasteiger partial charge < -0.3 is 39.6 Å². The largest absolute Gasteiger partial charge is 0.459 e. The average molecular weight is 704 g/mol. The fourth-order valence-electron chi connectivity index (χ4n) is 7.10. The van der Waals surface area contributed by atoms with Crippen LogP contribution in [0.5, 0.6) is 0 Å². The zero-order valence-corrected chi connectivity index (χ0v) is 31.8. The van der Waals surface area contributed by atoms with Crippen molar-refractivity contribution in [3.8, 4) is 0 Å². The minimum atomic E-state index is -1.38. The van der Waals surface area contributed by atoms with Crippen LogP contribution in [-0.4, -0.2) is 84.7 Å². The molecule has 282 valence electrons. The molecule has 1 saturated heterocycles. The van der Waals surface area contributed by atoms with Crippen LogP contribution in [0.15, 0.2) is 59.3 Å². The van der Waals surface area contributed by atoms with E-state index in [0.717, 1.165) is 23.3 Å². The van der Waals surface area contributed by atoms with Crippen molar-refractivity contribution in [3.63, 3.8) is 0 Å². The van der Waals surface area contributed by atoms with E-state index >= 15 is 0 Å². The first kappa shape index (κ1) is 43.1. The number of rotatable bonds is 10. The van der Waals surface area contributed by atoms with Crippen LogP contribution in [0.1, 0.15) is 81.6 Å². The van der Waals surface area contributed by atoms with Gasteiger partial charge in [0.15, 0.2) is 5.79 Å². The molecular weight excluding hydrogens is 642 g/mol. The number of esters is 2. The Bertz CT molecular complexity index is 1320. The highest BCUT2D eigenvalue weighted by molar-refractivity contribution is 5.93. The van der Waals surface area contributed by atoms with Crippen LogP contribution in [0.2, 0.25) is 0 Å². The number of allylic oxidation sites excluding steroid dienone is 5. The van der Waals surface area contributed by atoms with E-state index in [1.807, 2.05) is 59.8 Å². The molecule has 0 radical (unpaired) electrons. The monoisotopic (exact) mass is 703 g/mol. The molecule has 2 aliphatic rings. The average Bonchev–Trinajstić information content (AvgIpc) is 3.07. The zero-order valence-electron chi connectivity index (χ0n) is 31.8. The Labute approximate surface area is 298 Å². The van der Waals surface area contributed by atoms with Gasteiger partial charge in [0, 0.05) is 62.0 Å². The molecule has 11 heteroatoms. The van der Waals surface area contributed by atoms with Gasteiger partial charge in [-0.25, -0.2) is 9.59 Å². The van der Waals surface area contributed by atoms with E-state index in [4.69, 9.17) is 29.4 Å². The molecule has 50 heavy (non-hydrogen) atoms. The third kappa shape index (κ3) is 11.5. The molecule has 0 aromatic rings. The van der Waals surface area contributed by atoms with Crippen molar-refractivity contribution in [2.75, 3.05) is 14.2 Å². The van der Waals surface area contributed by atoms with Crippen molar-refractivity contribution in [2.45, 2.75) is 124 Å². The predicted octanol–water partition coefficient (Wildman–Crippen LogP) is 5.11. The van der Waals surface area contributed by atoms with Gasteiger partial charge in [0.25, 0.3) is 0 Å². The van der Waals surface area contributed by atoms with Gasteiger partial charge in [-0.05, 0) is 45.6 Å². The molecular formula is C39H61NO10. The number of hydrogen-bond acceptors (Lipinski definition) is 10. The molecule has 11 nitrogen and oxygen atoms in total. The normalized spacial score (nSPS) is 33.8. The molecule has 2 aliphatic heterocycles. The van der Waals surface area contributed by atoms with Crippen LogP contribution < -0.4 is 5.73 Å². The van der Waals surface area contributed by atoms with E-state index in [-0.39, 0.29) is 30.3 Å². The van der Waals surface area contributed by atoms with Crippen molar-refractivity contribution in [3.05, 3.63) is 59.3 Å². The maximum absolute atomic E-state index is 13.6. The van der Waals surface area contributed by atoms with Crippen LogP contribution in [0.4, 0.5) is 0 Å². The Balaban J connectivity index is 2.53. The van der Waals surface area contributed by atoms with Gasteiger partial charge in [0.1, 0.15) is 18.3 Å². The van der Waals surface area contributed by atoms with E-state index in [2.05, 4.69) is 0 Å². The third-order valence-corrected chi connectivity index (χ3v) is 10.2. The Morgan fingerprint density at radius 3 is 2.38 bits per heavy atom. The van der Waals surface area contributed by atoms with Gasteiger partial charge in [-0.1, -0.05) is 77.0 Å². The fourth-order valence-corrected chi connectivity index (χ4v) is 7.10. The second kappa shape index (κ2) is 19.5. The standard InChI is InChI=1S/C39H61NO10/c1-12-30-27(7)32(48-34(42)17-16-33(40)41)21-39(47-11,50-30)29(9)36(44)28(8)37-31(46-10)15-13-14-22(2)18-24(4)35(43)25(5)19-23(3)20-26(6)38(45)49-37/h13-17,19-20,24-25,27-32,35-37,43-44H,12,18,21H2,1-11H3,(H2,40,41). The summed E-state index contributed by atoms with van der Waals surface area (Å²) in [5, 5.41) is 23.0. The molecule has 2 rings (SSSR count). The maximum atomic E-state index is 13.6. The molecule has 12 atom stereocenters. The second-order valence-electron chi connectivity index (χ2n) is 14.2. The van der Waals surface area contributed by atoms with Gasteiger partial charge >= 0.3 is 11.9 Å². The molecule has 0 bridgehead atoms. The summed E-state index contributed by atoms with van der Waals surface area (Å²) in [7, 11) is 3.00. The second-order valence-corrected chi connectivity index (χ2v) is 14.2. The highest BCUT2D eigenvalue weighted by atomic mass is 16.7. The van der Waals surface area contributed by atoms with E-state index in [0.29, 0.717) is 18.4 Å². The Morgan fingerprint density at radius 1 is 1.14 bits per heavy atom. The summed E-state index contributed by atoms with van der Waals surface area (Å²) in [5.41, 5.74) is 7.38. The van der Waals surface area contributed by atoms with Crippen LogP contribution in [-0.2, 0) is 38.1 Å². The lowest BCUT2D eigenvalue weighted by Gasteiger charge is -2.50. The molecule has 0 aromatic carbocycles.